The third-order valence-electron chi connectivity index (χ3n) is 4.38. The van der Waals surface area contributed by atoms with Gasteiger partial charge in [0.05, 0.1) is 0 Å². The lowest BCUT2D eigenvalue weighted by atomic mass is 9.93. The van der Waals surface area contributed by atoms with E-state index < -0.39 is 5.41 Å². The van der Waals surface area contributed by atoms with Gasteiger partial charge in [-0.15, -0.1) is 0 Å². The highest BCUT2D eigenvalue weighted by molar-refractivity contribution is 5.83. The third-order valence-corrected chi connectivity index (χ3v) is 4.38. The largest absolute Gasteiger partial charge is 0.354 e. The molecule has 0 spiro atoms. The van der Waals surface area contributed by atoms with Gasteiger partial charge in [-0.1, -0.05) is 20.8 Å². The lowest BCUT2D eigenvalue weighted by Gasteiger charge is -2.46. The first kappa shape index (κ1) is 21.5. The van der Waals surface area contributed by atoms with E-state index in [2.05, 4.69) is 5.32 Å². The summed E-state index contributed by atoms with van der Waals surface area (Å²) in [6.45, 7) is 14.7. The highest BCUT2D eigenvalue weighted by Gasteiger charge is 2.37. The fourth-order valence-electron chi connectivity index (χ4n) is 3.38. The molecule has 1 aliphatic heterocycles. The van der Waals surface area contributed by atoms with Crippen molar-refractivity contribution in [3.63, 3.8) is 0 Å². The van der Waals surface area contributed by atoms with Gasteiger partial charge in [-0.05, 0) is 34.1 Å². The number of nitrogens with zero attached hydrogens (tertiary/aromatic N) is 2. The molecule has 1 aliphatic rings. The highest BCUT2D eigenvalue weighted by Crippen LogP contribution is 2.23. The zero-order valence-electron chi connectivity index (χ0n) is 16.9. The average molecular weight is 354 g/mol. The summed E-state index contributed by atoms with van der Waals surface area (Å²) in [6.07, 6.45) is 1.29. The van der Waals surface area contributed by atoms with E-state index in [-0.39, 0.29) is 35.8 Å². The van der Waals surface area contributed by atoms with Gasteiger partial charge < -0.3 is 15.1 Å². The van der Waals surface area contributed by atoms with Crippen molar-refractivity contribution in [3.05, 3.63) is 0 Å². The first-order chi connectivity index (χ1) is 11.4. The van der Waals surface area contributed by atoms with Gasteiger partial charge in [0.25, 0.3) is 0 Å². The fourth-order valence-corrected chi connectivity index (χ4v) is 3.38. The van der Waals surface area contributed by atoms with E-state index in [0.717, 1.165) is 0 Å². The van der Waals surface area contributed by atoms with Gasteiger partial charge in [-0.2, -0.15) is 0 Å². The van der Waals surface area contributed by atoms with Gasteiger partial charge in [0, 0.05) is 49.5 Å². The quantitative estimate of drug-likeness (QED) is 0.823. The normalized spacial score (nSPS) is 21.4. The highest BCUT2D eigenvalue weighted by atomic mass is 16.2. The zero-order valence-corrected chi connectivity index (χ0v) is 16.9. The van der Waals surface area contributed by atoms with Gasteiger partial charge in [0.15, 0.2) is 0 Å². The Bertz CT molecular complexity index is 485. The van der Waals surface area contributed by atoms with Crippen molar-refractivity contribution in [2.45, 2.75) is 85.9 Å². The molecule has 0 radical (unpaired) electrons. The second-order valence-electron chi connectivity index (χ2n) is 8.53. The molecule has 0 aromatic carbocycles. The molecule has 0 bridgehead atoms. The van der Waals surface area contributed by atoms with Crippen molar-refractivity contribution in [2.75, 3.05) is 13.1 Å². The summed E-state index contributed by atoms with van der Waals surface area (Å²) in [4.78, 5) is 40.5. The molecule has 6 heteroatoms. The number of carbonyl (C=O) groups is 3. The summed E-state index contributed by atoms with van der Waals surface area (Å²) in [7, 11) is 0. The van der Waals surface area contributed by atoms with Crippen molar-refractivity contribution in [3.8, 4) is 0 Å². The number of piperazine rings is 1. The summed E-state index contributed by atoms with van der Waals surface area (Å²) >= 11 is 0. The zero-order chi connectivity index (χ0) is 19.4. The van der Waals surface area contributed by atoms with Gasteiger partial charge in [0.2, 0.25) is 17.7 Å². The number of nitrogens with one attached hydrogen (secondary N) is 1. The van der Waals surface area contributed by atoms with Crippen molar-refractivity contribution in [2.24, 2.45) is 5.41 Å². The summed E-state index contributed by atoms with van der Waals surface area (Å²) in [6, 6.07) is 0.107. The number of hydrogen-bond donors (Lipinski definition) is 1. The Morgan fingerprint density at radius 1 is 1.04 bits per heavy atom. The third kappa shape index (κ3) is 6.33. The predicted molar refractivity (Wildman–Crippen MR) is 98.9 cm³/mol. The standard InChI is InChI=1S/C19H35N3O3/c1-13(2)20-16(23)9-8-10-17(24)22-14(3)11-21(12-15(22)4)18(25)19(5,6)7/h13-15H,8-12H2,1-7H3,(H,20,23). The van der Waals surface area contributed by atoms with Crippen LogP contribution < -0.4 is 5.32 Å². The smallest absolute Gasteiger partial charge is 0.228 e. The molecule has 144 valence electrons. The van der Waals surface area contributed by atoms with E-state index in [1.54, 1.807) is 0 Å². The molecule has 6 nitrogen and oxygen atoms in total. The van der Waals surface area contributed by atoms with Gasteiger partial charge in [0.1, 0.15) is 0 Å². The van der Waals surface area contributed by atoms with E-state index in [1.165, 1.54) is 0 Å². The number of hydrogen-bond acceptors (Lipinski definition) is 3. The predicted octanol–water partition coefficient (Wildman–Crippen LogP) is 2.18. The van der Waals surface area contributed by atoms with Crippen LogP contribution in [0, 0.1) is 5.41 Å². The minimum Gasteiger partial charge on any atom is -0.354 e. The number of amides is 3. The Labute approximate surface area is 152 Å². The van der Waals surface area contributed by atoms with E-state index in [1.807, 2.05) is 58.3 Å². The van der Waals surface area contributed by atoms with Crippen molar-refractivity contribution >= 4 is 17.7 Å². The minimum atomic E-state index is -0.407. The Balaban J connectivity index is 2.55. The summed E-state index contributed by atoms with van der Waals surface area (Å²) in [5, 5.41) is 2.84. The molecule has 3 amide bonds. The average Bonchev–Trinajstić information content (AvgIpc) is 2.43. The molecule has 1 N–H and O–H groups in total. The number of carbonyl (C=O) groups excluding carboxylic acids is 3. The van der Waals surface area contributed by atoms with E-state index in [0.29, 0.717) is 32.4 Å². The SMILES string of the molecule is CC(C)NC(=O)CCCC(=O)N1C(C)CN(C(=O)C(C)(C)C)CC1C. The summed E-state index contributed by atoms with van der Waals surface area (Å²) in [5.74, 6) is 0.188. The van der Waals surface area contributed by atoms with Gasteiger partial charge in [-0.3, -0.25) is 14.4 Å². The maximum Gasteiger partial charge on any atom is 0.228 e. The first-order valence-electron chi connectivity index (χ1n) is 9.33. The van der Waals surface area contributed by atoms with E-state index in [4.69, 9.17) is 0 Å². The summed E-state index contributed by atoms with van der Waals surface area (Å²) in [5.41, 5.74) is -0.407. The van der Waals surface area contributed by atoms with Crippen molar-refractivity contribution in [1.29, 1.82) is 0 Å². The molecule has 1 fully saturated rings. The molecular formula is C19H35N3O3. The fraction of sp³-hybridized carbons (Fsp3) is 0.842. The van der Waals surface area contributed by atoms with Crippen LogP contribution in [0.15, 0.2) is 0 Å². The Hall–Kier alpha value is -1.59. The van der Waals surface area contributed by atoms with Crippen LogP contribution in [-0.4, -0.2) is 58.7 Å². The van der Waals surface area contributed by atoms with Crippen LogP contribution in [0.2, 0.25) is 0 Å². The van der Waals surface area contributed by atoms with Crippen LogP contribution in [0.25, 0.3) is 0 Å². The molecule has 0 saturated carbocycles. The molecule has 1 rings (SSSR count). The van der Waals surface area contributed by atoms with E-state index in [9.17, 15) is 14.4 Å². The second-order valence-corrected chi connectivity index (χ2v) is 8.53. The van der Waals surface area contributed by atoms with Crippen LogP contribution in [0.4, 0.5) is 0 Å². The molecule has 0 aliphatic carbocycles. The molecule has 0 aromatic heterocycles. The van der Waals surface area contributed by atoms with Gasteiger partial charge >= 0.3 is 0 Å². The van der Waals surface area contributed by atoms with Crippen molar-refractivity contribution in [1.82, 2.24) is 15.1 Å². The second kappa shape index (κ2) is 8.68. The van der Waals surface area contributed by atoms with Crippen LogP contribution >= 0.6 is 0 Å². The monoisotopic (exact) mass is 353 g/mol. The van der Waals surface area contributed by atoms with E-state index >= 15 is 0 Å². The lowest BCUT2D eigenvalue weighted by molar-refractivity contribution is -0.150. The van der Waals surface area contributed by atoms with Crippen LogP contribution in [-0.2, 0) is 14.4 Å². The molecule has 1 saturated heterocycles. The van der Waals surface area contributed by atoms with Crippen molar-refractivity contribution < 1.29 is 14.4 Å². The van der Waals surface area contributed by atoms with Crippen LogP contribution in [0.1, 0.15) is 67.7 Å². The minimum absolute atomic E-state index is 0.00737. The van der Waals surface area contributed by atoms with Crippen LogP contribution in [0.5, 0.6) is 0 Å². The first-order valence-corrected chi connectivity index (χ1v) is 9.33. The maximum atomic E-state index is 12.6. The molecule has 1 heterocycles. The Morgan fingerprint density at radius 3 is 2.00 bits per heavy atom. The Morgan fingerprint density at radius 2 is 1.56 bits per heavy atom. The molecule has 0 aromatic rings. The van der Waals surface area contributed by atoms with Crippen LogP contribution in [0.3, 0.4) is 0 Å². The van der Waals surface area contributed by atoms with Gasteiger partial charge in [-0.25, -0.2) is 0 Å². The summed E-state index contributed by atoms with van der Waals surface area (Å²) < 4.78 is 0. The topological polar surface area (TPSA) is 69.7 Å². The maximum absolute atomic E-state index is 12.6. The molecule has 25 heavy (non-hydrogen) atoms. The molecule has 2 unspecified atom stereocenters. The molecule has 2 atom stereocenters. The lowest BCUT2D eigenvalue weighted by Crippen LogP contribution is -2.61. The Kier molecular flexibility index (Phi) is 7.44. The number of rotatable bonds is 5. The molecular weight excluding hydrogens is 318 g/mol.